The molecule has 24 heavy (non-hydrogen) atoms. The number of carbonyl (C=O) groups excluding carboxylic acids is 2. The van der Waals surface area contributed by atoms with E-state index in [1.807, 2.05) is 0 Å². The van der Waals surface area contributed by atoms with Gasteiger partial charge in [-0.1, -0.05) is 12.2 Å². The minimum atomic E-state index is -2.28. The second-order valence-corrected chi connectivity index (χ2v) is 5.72. The minimum absolute atomic E-state index is 0.0972. The number of carbonyl (C=O) groups is 2. The van der Waals surface area contributed by atoms with Crippen LogP contribution in [0.15, 0.2) is 22.1 Å². The van der Waals surface area contributed by atoms with Crippen LogP contribution in [0.3, 0.4) is 0 Å². The molecule has 0 amide bonds. The average Bonchev–Trinajstić information content (AvgIpc) is 2.53. The highest BCUT2D eigenvalue weighted by Crippen LogP contribution is 2.47. The van der Waals surface area contributed by atoms with E-state index in [-0.39, 0.29) is 31.8 Å². The van der Waals surface area contributed by atoms with Gasteiger partial charge in [0.05, 0.1) is 13.1 Å². The Morgan fingerprint density at radius 2 is 1.54 bits per heavy atom. The normalized spacial score (nSPS) is 15.6. The molecule has 0 aliphatic carbocycles. The molecule has 2 N–H and O–H groups in total. The van der Waals surface area contributed by atoms with Crippen LogP contribution < -0.4 is 0 Å². The number of aliphatic imine (C=N–C) groups is 2. The molecule has 0 bridgehead atoms. The summed E-state index contributed by atoms with van der Waals surface area (Å²) >= 11 is 11.7. The van der Waals surface area contributed by atoms with Crippen molar-refractivity contribution in [3.05, 3.63) is 12.2 Å². The molecule has 0 rings (SSSR count). The van der Waals surface area contributed by atoms with Gasteiger partial charge in [0.15, 0.2) is 4.87 Å². The summed E-state index contributed by atoms with van der Waals surface area (Å²) in [5.41, 5.74) is -2.00. The smallest absolute Gasteiger partial charge is 0.326 e. The van der Waals surface area contributed by atoms with Gasteiger partial charge in [0.2, 0.25) is 12.2 Å². The number of halogens is 2. The number of carboxylic acids is 2. The van der Waals surface area contributed by atoms with Crippen molar-refractivity contribution in [3.8, 4) is 0 Å². The number of alkyl halides is 2. The summed E-state index contributed by atoms with van der Waals surface area (Å²) in [6.07, 6.45) is 4.33. The zero-order valence-corrected chi connectivity index (χ0v) is 14.1. The first-order valence-corrected chi connectivity index (χ1v) is 7.67. The molecule has 2 atom stereocenters. The summed E-state index contributed by atoms with van der Waals surface area (Å²) in [6.45, 7) is -0.590. The Hall–Kier alpha value is -1.98. The lowest BCUT2D eigenvalue weighted by atomic mass is 9.68. The Bertz CT molecular complexity index is 584. The van der Waals surface area contributed by atoms with E-state index in [1.54, 1.807) is 0 Å². The van der Waals surface area contributed by atoms with Gasteiger partial charge in [-0.2, -0.15) is 0 Å². The predicted molar refractivity (Wildman–Crippen MR) is 86.0 cm³/mol. The van der Waals surface area contributed by atoms with Gasteiger partial charge in [-0.3, -0.25) is 9.59 Å². The molecule has 0 fully saturated rings. The van der Waals surface area contributed by atoms with E-state index in [0.29, 0.717) is 0 Å². The molecule has 10 heteroatoms. The van der Waals surface area contributed by atoms with E-state index in [1.165, 1.54) is 24.3 Å². The van der Waals surface area contributed by atoms with Crippen LogP contribution in [-0.4, -0.2) is 58.2 Å². The number of nitrogens with zero attached hydrogens (tertiary/aromatic N) is 2. The number of aliphatic carboxylic acids is 2. The first-order valence-electron chi connectivity index (χ1n) is 6.76. The van der Waals surface area contributed by atoms with E-state index in [9.17, 15) is 29.4 Å². The van der Waals surface area contributed by atoms with Crippen molar-refractivity contribution in [1.82, 2.24) is 0 Å². The molecule has 0 radical (unpaired) electrons. The molecule has 0 aromatic rings. The van der Waals surface area contributed by atoms with Crippen LogP contribution in [-0.2, 0) is 19.2 Å². The number of allylic oxidation sites excluding steroid dienone is 2. The highest BCUT2D eigenvalue weighted by molar-refractivity contribution is 6.35. The van der Waals surface area contributed by atoms with Crippen molar-refractivity contribution < 1.29 is 29.4 Å². The number of hydrogen-bond acceptors (Lipinski definition) is 6. The average molecular weight is 379 g/mol. The van der Waals surface area contributed by atoms with Crippen LogP contribution in [0.25, 0.3) is 0 Å². The van der Waals surface area contributed by atoms with Gasteiger partial charge in [-0.05, 0) is 19.3 Å². The van der Waals surface area contributed by atoms with Crippen molar-refractivity contribution in [1.29, 1.82) is 0 Å². The SMILES string of the molecule is O=C=NCCC(Cl)(C(=O)O)C(CC=CCCl)(CCN=C=O)C(=O)O. The third-order valence-electron chi connectivity index (χ3n) is 3.58. The first-order chi connectivity index (χ1) is 11.3. The number of carboxylic acid groups (broad SMARTS) is 2. The molecule has 0 heterocycles. The fourth-order valence-corrected chi connectivity index (χ4v) is 2.74. The maximum atomic E-state index is 11.9. The Labute approximate surface area is 147 Å². The number of isocyanates is 2. The third kappa shape index (κ3) is 5.28. The summed E-state index contributed by atoms with van der Waals surface area (Å²) < 4.78 is 0. The molecular formula is C14H16Cl2N2O6. The van der Waals surface area contributed by atoms with Gasteiger partial charge >= 0.3 is 11.9 Å². The van der Waals surface area contributed by atoms with Crippen molar-refractivity contribution in [2.24, 2.45) is 15.4 Å². The largest absolute Gasteiger partial charge is 0.481 e. The molecule has 0 saturated heterocycles. The maximum absolute atomic E-state index is 11.9. The fourth-order valence-electron chi connectivity index (χ4n) is 2.27. The van der Waals surface area contributed by atoms with E-state index in [4.69, 9.17) is 23.2 Å². The van der Waals surface area contributed by atoms with Crippen molar-refractivity contribution in [2.75, 3.05) is 19.0 Å². The quantitative estimate of drug-likeness (QED) is 0.230. The second-order valence-electron chi connectivity index (χ2n) is 4.77. The fraction of sp³-hybridized carbons (Fsp3) is 0.571. The molecule has 0 aliphatic heterocycles. The van der Waals surface area contributed by atoms with Crippen molar-refractivity contribution in [2.45, 2.75) is 24.1 Å². The van der Waals surface area contributed by atoms with Gasteiger partial charge < -0.3 is 10.2 Å². The third-order valence-corrected chi connectivity index (χ3v) is 4.47. The molecular weight excluding hydrogens is 363 g/mol. The van der Waals surface area contributed by atoms with E-state index >= 15 is 0 Å². The Balaban J connectivity index is 6.05. The van der Waals surface area contributed by atoms with Crippen LogP contribution in [0.1, 0.15) is 19.3 Å². The molecule has 0 saturated carbocycles. The van der Waals surface area contributed by atoms with E-state index < -0.39 is 28.6 Å². The molecule has 0 aliphatic rings. The number of hydrogen-bond donors (Lipinski definition) is 2. The second kappa shape index (κ2) is 10.7. The lowest BCUT2D eigenvalue weighted by Gasteiger charge is -2.40. The lowest BCUT2D eigenvalue weighted by Crippen LogP contribution is -2.55. The van der Waals surface area contributed by atoms with E-state index in [0.717, 1.165) is 0 Å². The highest BCUT2D eigenvalue weighted by Gasteiger charge is 2.59. The van der Waals surface area contributed by atoms with Gasteiger partial charge in [0, 0.05) is 5.88 Å². The van der Waals surface area contributed by atoms with E-state index in [2.05, 4.69) is 9.98 Å². The Morgan fingerprint density at radius 3 is 1.96 bits per heavy atom. The summed E-state index contributed by atoms with van der Waals surface area (Å²) in [5, 5.41) is 19.2. The van der Waals surface area contributed by atoms with Gasteiger partial charge in [-0.15, -0.1) is 23.2 Å². The van der Waals surface area contributed by atoms with Gasteiger partial charge in [0.25, 0.3) is 0 Å². The minimum Gasteiger partial charge on any atom is -0.481 e. The van der Waals surface area contributed by atoms with Crippen LogP contribution in [0.2, 0.25) is 0 Å². The maximum Gasteiger partial charge on any atom is 0.326 e. The molecule has 132 valence electrons. The summed E-state index contributed by atoms with van der Waals surface area (Å²) in [5.74, 6) is -2.96. The zero-order valence-electron chi connectivity index (χ0n) is 12.6. The van der Waals surface area contributed by atoms with Gasteiger partial charge in [0.1, 0.15) is 5.41 Å². The Kier molecular flexibility index (Phi) is 9.85. The lowest BCUT2D eigenvalue weighted by molar-refractivity contribution is -0.161. The van der Waals surface area contributed by atoms with Crippen molar-refractivity contribution >= 4 is 47.3 Å². The number of rotatable bonds is 12. The van der Waals surface area contributed by atoms with Crippen LogP contribution in [0.4, 0.5) is 0 Å². The monoisotopic (exact) mass is 378 g/mol. The molecule has 2 unspecified atom stereocenters. The molecule has 8 nitrogen and oxygen atoms in total. The molecule has 0 spiro atoms. The zero-order chi connectivity index (χ0) is 18.6. The van der Waals surface area contributed by atoms with Crippen LogP contribution in [0.5, 0.6) is 0 Å². The molecule has 0 aromatic heterocycles. The predicted octanol–water partition coefficient (Wildman–Crippen LogP) is 1.76. The standard InChI is InChI=1S/C14H16Cl2N2O6/c15-6-2-1-3-13(11(21)22,4-7-17-9-19)14(16,12(23)24)5-8-18-10-20/h1-2H,3-8H2,(H,21,22)(H,23,24). The van der Waals surface area contributed by atoms with Crippen LogP contribution >= 0.6 is 23.2 Å². The summed E-state index contributed by atoms with van der Waals surface area (Å²) in [7, 11) is 0. The highest BCUT2D eigenvalue weighted by atomic mass is 35.5. The van der Waals surface area contributed by atoms with Gasteiger partial charge in [-0.25, -0.2) is 19.6 Å². The summed E-state index contributed by atoms with van der Waals surface area (Å²) in [4.78, 5) is 48.3. The summed E-state index contributed by atoms with van der Waals surface area (Å²) in [6, 6.07) is 0. The molecule has 0 aromatic carbocycles. The van der Waals surface area contributed by atoms with Crippen molar-refractivity contribution in [3.63, 3.8) is 0 Å². The Morgan fingerprint density at radius 1 is 1.00 bits per heavy atom. The topological polar surface area (TPSA) is 133 Å². The van der Waals surface area contributed by atoms with Crippen LogP contribution in [0, 0.1) is 5.41 Å². The first kappa shape index (κ1) is 22.0.